The number of ether oxygens (including phenoxy) is 1. The van der Waals surface area contributed by atoms with Crippen molar-refractivity contribution in [2.24, 2.45) is 0 Å². The molecule has 0 spiro atoms. The first-order valence-electron chi connectivity index (χ1n) is 7.69. The topological polar surface area (TPSA) is 51.5 Å². The Hall–Kier alpha value is -2.78. The van der Waals surface area contributed by atoms with Crippen LogP contribution in [0.5, 0.6) is 5.75 Å². The molecule has 2 aromatic carbocycles. The summed E-state index contributed by atoms with van der Waals surface area (Å²) in [6.45, 7) is -0.185. The molecule has 1 amide bonds. The molecular weight excluding hydrogens is 444 g/mol. The maximum atomic E-state index is 13.7. The van der Waals surface area contributed by atoms with Gasteiger partial charge < -0.3 is 14.5 Å². The van der Waals surface area contributed by atoms with Gasteiger partial charge in [-0.2, -0.15) is 0 Å². The zero-order chi connectivity index (χ0) is 21.3. The Labute approximate surface area is 169 Å². The first kappa shape index (κ1) is 20.9. The van der Waals surface area contributed by atoms with E-state index in [2.05, 4.69) is 0 Å². The molecule has 0 unspecified atom stereocenters. The van der Waals surface area contributed by atoms with Gasteiger partial charge in [-0.05, 0) is 24.3 Å². The van der Waals surface area contributed by atoms with Gasteiger partial charge in [0.1, 0.15) is 28.8 Å². The normalized spacial score (nSPS) is 10.9. The summed E-state index contributed by atoms with van der Waals surface area (Å²) < 4.78 is 77.3. The minimum absolute atomic E-state index is 0.114. The van der Waals surface area contributed by atoms with Gasteiger partial charge >= 0.3 is 0 Å². The molecule has 0 atom stereocenters. The first-order chi connectivity index (χ1) is 13.7. The standard InChI is InChI=1S/C18H8Cl2F5NO3/c19-8-2-1-3-9(11(8)20)28-6-7-4-5-10(29-7)18(27)26-17-15(24)13(22)12(21)14(23)16(17)25/h1-5H,6H2,(H,26,27). The van der Waals surface area contributed by atoms with Gasteiger partial charge in [-0.15, -0.1) is 0 Å². The average Bonchev–Trinajstić information content (AvgIpc) is 3.18. The molecule has 0 fully saturated rings. The van der Waals surface area contributed by atoms with Crippen LogP contribution in [0.1, 0.15) is 16.3 Å². The van der Waals surface area contributed by atoms with Gasteiger partial charge in [0.2, 0.25) is 5.82 Å². The number of amides is 1. The lowest BCUT2D eigenvalue weighted by Crippen LogP contribution is -2.16. The van der Waals surface area contributed by atoms with E-state index < -0.39 is 46.4 Å². The van der Waals surface area contributed by atoms with Crippen molar-refractivity contribution in [2.75, 3.05) is 5.32 Å². The number of hydrogen-bond acceptors (Lipinski definition) is 3. The fourth-order valence-corrected chi connectivity index (χ4v) is 2.56. The molecule has 0 aliphatic heterocycles. The molecule has 4 nitrogen and oxygen atoms in total. The smallest absolute Gasteiger partial charge is 0.291 e. The SMILES string of the molecule is O=C(Nc1c(F)c(F)c(F)c(F)c1F)c1ccc(COc2cccc(Cl)c2Cl)o1. The predicted octanol–water partition coefficient (Wildman–Crippen LogP) is 6.11. The molecule has 1 heterocycles. The van der Waals surface area contributed by atoms with E-state index in [1.165, 1.54) is 12.1 Å². The Balaban J connectivity index is 1.74. The second-order valence-electron chi connectivity index (χ2n) is 5.51. The summed E-state index contributed by atoms with van der Waals surface area (Å²) in [5.74, 6) is -12.4. The lowest BCUT2D eigenvalue weighted by molar-refractivity contribution is 0.0991. The number of halogens is 7. The molecule has 1 aromatic heterocycles. The van der Waals surface area contributed by atoms with E-state index in [0.29, 0.717) is 0 Å². The fourth-order valence-electron chi connectivity index (χ4n) is 2.21. The van der Waals surface area contributed by atoms with Gasteiger partial charge in [-0.1, -0.05) is 29.3 Å². The molecule has 0 saturated carbocycles. The molecule has 0 aliphatic rings. The van der Waals surface area contributed by atoms with E-state index in [1.807, 2.05) is 0 Å². The van der Waals surface area contributed by atoms with Crippen LogP contribution in [0.2, 0.25) is 10.0 Å². The summed E-state index contributed by atoms with van der Waals surface area (Å²) in [5, 5.41) is 2.01. The van der Waals surface area contributed by atoms with Crippen LogP contribution < -0.4 is 10.1 Å². The molecule has 1 N–H and O–H groups in total. The van der Waals surface area contributed by atoms with Crippen LogP contribution in [-0.2, 0) is 6.61 Å². The number of hydrogen-bond donors (Lipinski definition) is 1. The van der Waals surface area contributed by atoms with Crippen molar-refractivity contribution < 1.29 is 35.9 Å². The van der Waals surface area contributed by atoms with E-state index in [1.54, 1.807) is 17.4 Å². The summed E-state index contributed by atoms with van der Waals surface area (Å²) in [4.78, 5) is 12.1. The average molecular weight is 452 g/mol. The quantitative estimate of drug-likeness (QED) is 0.289. The zero-order valence-electron chi connectivity index (χ0n) is 14.0. The monoisotopic (exact) mass is 451 g/mol. The summed E-state index contributed by atoms with van der Waals surface area (Å²) in [5.41, 5.74) is -1.49. The van der Waals surface area contributed by atoms with Crippen molar-refractivity contribution >= 4 is 34.8 Å². The minimum Gasteiger partial charge on any atom is -0.484 e. The van der Waals surface area contributed by atoms with Crippen molar-refractivity contribution in [3.05, 3.63) is 81.0 Å². The van der Waals surface area contributed by atoms with Gasteiger partial charge in [0.05, 0.1) is 5.02 Å². The highest BCUT2D eigenvalue weighted by Crippen LogP contribution is 2.32. The molecule has 0 radical (unpaired) electrons. The Morgan fingerprint density at radius 1 is 0.931 bits per heavy atom. The van der Waals surface area contributed by atoms with Gasteiger partial charge in [-0.25, -0.2) is 22.0 Å². The molecule has 0 saturated heterocycles. The Kier molecular flexibility index (Phi) is 5.99. The largest absolute Gasteiger partial charge is 0.484 e. The number of rotatable bonds is 5. The number of furan rings is 1. The predicted molar refractivity (Wildman–Crippen MR) is 93.7 cm³/mol. The van der Waals surface area contributed by atoms with Gasteiger partial charge in [-0.3, -0.25) is 4.79 Å². The summed E-state index contributed by atoms with van der Waals surface area (Å²) in [6, 6.07) is 7.11. The van der Waals surface area contributed by atoms with Gasteiger partial charge in [0.25, 0.3) is 5.91 Å². The lowest BCUT2D eigenvalue weighted by atomic mass is 10.2. The minimum atomic E-state index is -2.34. The van der Waals surface area contributed by atoms with Crippen molar-refractivity contribution in [1.82, 2.24) is 0 Å². The number of anilines is 1. The number of carbonyl (C=O) groups is 1. The molecule has 11 heteroatoms. The van der Waals surface area contributed by atoms with Crippen molar-refractivity contribution in [2.45, 2.75) is 6.61 Å². The van der Waals surface area contributed by atoms with Crippen LogP contribution in [0, 0.1) is 29.1 Å². The first-order valence-corrected chi connectivity index (χ1v) is 8.44. The molecule has 0 bridgehead atoms. The van der Waals surface area contributed by atoms with E-state index in [4.69, 9.17) is 32.4 Å². The van der Waals surface area contributed by atoms with Crippen LogP contribution in [-0.4, -0.2) is 5.91 Å². The van der Waals surface area contributed by atoms with Crippen LogP contribution in [0.4, 0.5) is 27.6 Å². The third kappa shape index (κ3) is 4.15. The number of carbonyl (C=O) groups excluding carboxylic acids is 1. The lowest BCUT2D eigenvalue weighted by Gasteiger charge is -2.09. The summed E-state index contributed by atoms with van der Waals surface area (Å²) in [7, 11) is 0. The van der Waals surface area contributed by atoms with Gasteiger partial charge in [0, 0.05) is 0 Å². The van der Waals surface area contributed by atoms with Crippen molar-refractivity contribution in [1.29, 1.82) is 0 Å². The fraction of sp³-hybridized carbons (Fsp3) is 0.0556. The maximum absolute atomic E-state index is 13.7. The summed E-state index contributed by atoms with van der Waals surface area (Å²) >= 11 is 11.8. The highest BCUT2D eigenvalue weighted by molar-refractivity contribution is 6.42. The summed E-state index contributed by atoms with van der Waals surface area (Å²) in [6.07, 6.45) is 0. The Morgan fingerprint density at radius 3 is 2.21 bits per heavy atom. The molecule has 3 aromatic rings. The van der Waals surface area contributed by atoms with Crippen molar-refractivity contribution in [3.63, 3.8) is 0 Å². The Bertz CT molecular complexity index is 1070. The van der Waals surface area contributed by atoms with Crippen LogP contribution in [0.15, 0.2) is 34.7 Å². The highest BCUT2D eigenvalue weighted by atomic mass is 35.5. The number of nitrogens with one attached hydrogen (secondary N) is 1. The van der Waals surface area contributed by atoms with Crippen molar-refractivity contribution in [3.8, 4) is 5.75 Å². The molecular formula is C18H8Cl2F5NO3. The third-order valence-corrected chi connectivity index (χ3v) is 4.42. The zero-order valence-corrected chi connectivity index (χ0v) is 15.5. The van der Waals surface area contributed by atoms with Gasteiger partial charge in [0.15, 0.2) is 29.0 Å². The van der Waals surface area contributed by atoms with E-state index >= 15 is 0 Å². The molecule has 0 aliphatic carbocycles. The maximum Gasteiger partial charge on any atom is 0.291 e. The highest BCUT2D eigenvalue weighted by Gasteiger charge is 2.27. The molecule has 3 rings (SSSR count). The van der Waals surface area contributed by atoms with E-state index in [0.717, 1.165) is 6.07 Å². The molecule has 29 heavy (non-hydrogen) atoms. The van der Waals surface area contributed by atoms with Crippen LogP contribution in [0.25, 0.3) is 0 Å². The second-order valence-corrected chi connectivity index (χ2v) is 6.29. The third-order valence-electron chi connectivity index (χ3n) is 3.62. The molecule has 152 valence electrons. The van der Waals surface area contributed by atoms with Crippen LogP contribution >= 0.6 is 23.2 Å². The Morgan fingerprint density at radius 2 is 1.55 bits per heavy atom. The number of benzene rings is 2. The van der Waals surface area contributed by atoms with E-state index in [-0.39, 0.29) is 28.2 Å². The van der Waals surface area contributed by atoms with E-state index in [9.17, 15) is 26.7 Å². The van der Waals surface area contributed by atoms with Crippen LogP contribution in [0.3, 0.4) is 0 Å². The second kappa shape index (κ2) is 8.30.